The summed E-state index contributed by atoms with van der Waals surface area (Å²) in [6.07, 6.45) is 2.16. The van der Waals surface area contributed by atoms with Crippen LogP contribution in [-0.2, 0) is 0 Å². The normalized spacial score (nSPS) is 27.0. The standard InChI is InChI=1S/C9H17F2N/c1-2-8(7-12)3-5-9(10,11)6-4-8/h2-7,12H2,1H3. The maximum atomic E-state index is 12.8. The van der Waals surface area contributed by atoms with E-state index in [0.717, 1.165) is 6.42 Å². The molecule has 1 saturated carbocycles. The van der Waals surface area contributed by atoms with Gasteiger partial charge < -0.3 is 5.73 Å². The van der Waals surface area contributed by atoms with Crippen LogP contribution < -0.4 is 5.73 Å². The Morgan fingerprint density at radius 2 is 1.67 bits per heavy atom. The summed E-state index contributed by atoms with van der Waals surface area (Å²) in [6, 6.07) is 0. The van der Waals surface area contributed by atoms with Gasteiger partial charge in [-0.25, -0.2) is 8.78 Å². The van der Waals surface area contributed by atoms with Crippen molar-refractivity contribution in [3.63, 3.8) is 0 Å². The molecule has 12 heavy (non-hydrogen) atoms. The monoisotopic (exact) mass is 177 g/mol. The molecule has 0 spiro atoms. The molecule has 1 aliphatic rings. The predicted octanol–water partition coefficient (Wildman–Crippen LogP) is 2.55. The first-order valence-electron chi connectivity index (χ1n) is 4.61. The molecule has 0 radical (unpaired) electrons. The molecule has 0 aromatic rings. The first-order chi connectivity index (χ1) is 5.54. The second kappa shape index (κ2) is 3.29. The molecule has 1 nitrogen and oxygen atoms in total. The van der Waals surface area contributed by atoms with Crippen molar-refractivity contribution in [2.45, 2.75) is 45.0 Å². The van der Waals surface area contributed by atoms with Gasteiger partial charge in [0.1, 0.15) is 0 Å². The topological polar surface area (TPSA) is 26.0 Å². The van der Waals surface area contributed by atoms with Crippen LogP contribution in [0, 0.1) is 5.41 Å². The maximum Gasteiger partial charge on any atom is 0.248 e. The Hall–Kier alpha value is -0.180. The highest BCUT2D eigenvalue weighted by Gasteiger charge is 2.41. The van der Waals surface area contributed by atoms with E-state index in [2.05, 4.69) is 0 Å². The molecule has 72 valence electrons. The lowest BCUT2D eigenvalue weighted by molar-refractivity contribution is -0.0659. The summed E-state index contributed by atoms with van der Waals surface area (Å²) >= 11 is 0. The molecule has 0 bridgehead atoms. The highest BCUT2D eigenvalue weighted by Crippen LogP contribution is 2.44. The summed E-state index contributed by atoms with van der Waals surface area (Å²) in [7, 11) is 0. The second-order valence-corrected chi connectivity index (χ2v) is 3.91. The van der Waals surface area contributed by atoms with Gasteiger partial charge in [0.25, 0.3) is 0 Å². The number of alkyl halides is 2. The number of rotatable bonds is 2. The fourth-order valence-corrected chi connectivity index (χ4v) is 1.85. The van der Waals surface area contributed by atoms with Crippen LogP contribution in [0.2, 0.25) is 0 Å². The highest BCUT2D eigenvalue weighted by molar-refractivity contribution is 4.88. The van der Waals surface area contributed by atoms with Crippen LogP contribution >= 0.6 is 0 Å². The van der Waals surface area contributed by atoms with Crippen molar-refractivity contribution >= 4 is 0 Å². The van der Waals surface area contributed by atoms with Crippen molar-refractivity contribution < 1.29 is 8.78 Å². The molecule has 0 heterocycles. The second-order valence-electron chi connectivity index (χ2n) is 3.91. The van der Waals surface area contributed by atoms with Crippen LogP contribution in [0.4, 0.5) is 8.78 Å². The minimum atomic E-state index is -2.42. The van der Waals surface area contributed by atoms with Crippen molar-refractivity contribution in [1.29, 1.82) is 0 Å². The molecule has 1 aliphatic carbocycles. The smallest absolute Gasteiger partial charge is 0.248 e. The van der Waals surface area contributed by atoms with Gasteiger partial charge >= 0.3 is 0 Å². The van der Waals surface area contributed by atoms with Crippen LogP contribution in [-0.4, -0.2) is 12.5 Å². The first-order valence-corrected chi connectivity index (χ1v) is 4.61. The molecule has 1 fully saturated rings. The van der Waals surface area contributed by atoms with Gasteiger partial charge in [-0.1, -0.05) is 6.92 Å². The molecule has 0 atom stereocenters. The summed E-state index contributed by atoms with van der Waals surface area (Å²) in [5.74, 6) is -2.42. The Labute approximate surface area is 72.3 Å². The lowest BCUT2D eigenvalue weighted by Gasteiger charge is -2.38. The van der Waals surface area contributed by atoms with Crippen LogP contribution in [0.1, 0.15) is 39.0 Å². The molecule has 2 N–H and O–H groups in total. The molecule has 0 amide bonds. The van der Waals surface area contributed by atoms with Gasteiger partial charge in [0.2, 0.25) is 5.92 Å². The number of hydrogen-bond acceptors (Lipinski definition) is 1. The lowest BCUT2D eigenvalue weighted by atomic mass is 9.71. The van der Waals surface area contributed by atoms with E-state index in [1.165, 1.54) is 0 Å². The fraction of sp³-hybridized carbons (Fsp3) is 1.00. The van der Waals surface area contributed by atoms with Crippen molar-refractivity contribution in [2.24, 2.45) is 11.1 Å². The molecule has 0 aliphatic heterocycles. The summed E-state index contributed by atoms with van der Waals surface area (Å²) in [5.41, 5.74) is 5.61. The average Bonchev–Trinajstić information content (AvgIpc) is 2.06. The van der Waals surface area contributed by atoms with E-state index >= 15 is 0 Å². The molecule has 0 aromatic heterocycles. The largest absolute Gasteiger partial charge is 0.330 e. The number of hydrogen-bond donors (Lipinski definition) is 1. The van der Waals surface area contributed by atoms with Gasteiger partial charge in [-0.05, 0) is 31.2 Å². The van der Waals surface area contributed by atoms with Gasteiger partial charge in [-0.2, -0.15) is 0 Å². The molecule has 0 unspecified atom stereocenters. The third-order valence-corrected chi connectivity index (χ3v) is 3.23. The van der Waals surface area contributed by atoms with E-state index in [1.807, 2.05) is 6.92 Å². The van der Waals surface area contributed by atoms with Crippen LogP contribution in [0.3, 0.4) is 0 Å². The van der Waals surface area contributed by atoms with Gasteiger partial charge in [-0.15, -0.1) is 0 Å². The minimum Gasteiger partial charge on any atom is -0.330 e. The van der Waals surface area contributed by atoms with Crippen molar-refractivity contribution in [2.75, 3.05) is 6.54 Å². The molecular formula is C9H17F2N. The first kappa shape index (κ1) is 9.90. The quantitative estimate of drug-likeness (QED) is 0.689. The fourth-order valence-electron chi connectivity index (χ4n) is 1.85. The lowest BCUT2D eigenvalue weighted by Crippen LogP contribution is -2.38. The van der Waals surface area contributed by atoms with Crippen LogP contribution in [0.5, 0.6) is 0 Å². The third kappa shape index (κ3) is 1.94. The summed E-state index contributed by atoms with van der Waals surface area (Å²) in [4.78, 5) is 0. The Bertz CT molecular complexity index is 141. The SMILES string of the molecule is CCC1(CN)CCC(F)(F)CC1. The molecule has 1 rings (SSSR count). The summed E-state index contributed by atoms with van der Waals surface area (Å²) in [5, 5.41) is 0. The van der Waals surface area contributed by atoms with Crippen LogP contribution in [0.15, 0.2) is 0 Å². The van der Waals surface area contributed by atoms with E-state index in [1.54, 1.807) is 0 Å². The summed E-state index contributed by atoms with van der Waals surface area (Å²) < 4.78 is 25.6. The van der Waals surface area contributed by atoms with Crippen molar-refractivity contribution in [3.05, 3.63) is 0 Å². The molecule has 0 saturated heterocycles. The average molecular weight is 177 g/mol. The van der Waals surface area contributed by atoms with Gasteiger partial charge in [0.15, 0.2) is 0 Å². The maximum absolute atomic E-state index is 12.8. The third-order valence-electron chi connectivity index (χ3n) is 3.23. The van der Waals surface area contributed by atoms with Crippen molar-refractivity contribution in [1.82, 2.24) is 0 Å². The highest BCUT2D eigenvalue weighted by atomic mass is 19.3. The van der Waals surface area contributed by atoms with E-state index in [4.69, 9.17) is 5.73 Å². The van der Waals surface area contributed by atoms with E-state index in [-0.39, 0.29) is 18.3 Å². The molecular weight excluding hydrogens is 160 g/mol. The van der Waals surface area contributed by atoms with E-state index in [9.17, 15) is 8.78 Å². The van der Waals surface area contributed by atoms with Crippen LogP contribution in [0.25, 0.3) is 0 Å². The Morgan fingerprint density at radius 1 is 1.17 bits per heavy atom. The van der Waals surface area contributed by atoms with E-state index in [0.29, 0.717) is 19.4 Å². The van der Waals surface area contributed by atoms with Gasteiger partial charge in [0.05, 0.1) is 0 Å². The number of halogens is 2. The number of nitrogens with two attached hydrogens (primary N) is 1. The van der Waals surface area contributed by atoms with E-state index < -0.39 is 5.92 Å². The van der Waals surface area contributed by atoms with Gasteiger partial charge in [-0.3, -0.25) is 0 Å². The van der Waals surface area contributed by atoms with Crippen molar-refractivity contribution in [3.8, 4) is 0 Å². The Morgan fingerprint density at radius 3 is 2.00 bits per heavy atom. The zero-order valence-corrected chi connectivity index (χ0v) is 7.58. The zero-order valence-electron chi connectivity index (χ0n) is 7.58. The Kier molecular flexibility index (Phi) is 2.71. The van der Waals surface area contributed by atoms with Gasteiger partial charge in [0, 0.05) is 12.8 Å². The Balaban J connectivity index is 2.53. The summed E-state index contributed by atoms with van der Waals surface area (Å²) in [6.45, 7) is 2.59. The molecule has 0 aromatic carbocycles. The molecule has 3 heteroatoms. The zero-order chi connectivity index (χ0) is 9.24. The minimum absolute atomic E-state index is 0.0156. The predicted molar refractivity (Wildman–Crippen MR) is 45.2 cm³/mol.